The standard InChI is InChI=1S/C15H11Cl2NO2/c16-10-3-1-9(2-4-10)14-8-20-15(19)12-7-11(17)5-6-13(12)18-14/h1-7,14,18H,8H2. The van der Waals surface area contributed by atoms with Gasteiger partial charge in [0.2, 0.25) is 0 Å². The molecule has 0 spiro atoms. The molecular formula is C15H11Cl2NO2. The van der Waals surface area contributed by atoms with Crippen LogP contribution >= 0.6 is 23.2 Å². The second-order valence-corrected chi connectivity index (χ2v) is 5.41. The van der Waals surface area contributed by atoms with E-state index >= 15 is 0 Å². The predicted molar refractivity (Wildman–Crippen MR) is 79.6 cm³/mol. The highest BCUT2D eigenvalue weighted by Gasteiger charge is 2.23. The molecule has 2 aromatic carbocycles. The first-order valence-corrected chi connectivity index (χ1v) is 6.88. The zero-order valence-electron chi connectivity index (χ0n) is 10.4. The van der Waals surface area contributed by atoms with Crippen molar-refractivity contribution >= 4 is 34.9 Å². The van der Waals surface area contributed by atoms with Gasteiger partial charge in [-0.25, -0.2) is 4.79 Å². The molecule has 0 amide bonds. The number of rotatable bonds is 1. The number of ether oxygens (including phenoxy) is 1. The fourth-order valence-corrected chi connectivity index (χ4v) is 2.45. The fourth-order valence-electron chi connectivity index (χ4n) is 2.15. The Bertz CT molecular complexity index is 655. The molecule has 0 fully saturated rings. The Morgan fingerprint density at radius 1 is 1.05 bits per heavy atom. The molecule has 2 aromatic rings. The molecule has 1 atom stereocenters. The summed E-state index contributed by atoms with van der Waals surface area (Å²) < 4.78 is 5.29. The SMILES string of the molecule is O=C1OCC(c2ccc(Cl)cc2)Nc2ccc(Cl)cc21. The van der Waals surface area contributed by atoms with Gasteiger partial charge < -0.3 is 10.1 Å². The molecule has 1 N–H and O–H groups in total. The van der Waals surface area contributed by atoms with Crippen LogP contribution in [0, 0.1) is 0 Å². The number of hydrogen-bond acceptors (Lipinski definition) is 3. The van der Waals surface area contributed by atoms with Gasteiger partial charge >= 0.3 is 5.97 Å². The summed E-state index contributed by atoms with van der Waals surface area (Å²) in [6.45, 7) is 0.257. The first-order valence-electron chi connectivity index (χ1n) is 6.12. The molecule has 1 aliphatic heterocycles. The topological polar surface area (TPSA) is 38.3 Å². The molecule has 0 radical (unpaired) electrons. The van der Waals surface area contributed by atoms with Gasteiger partial charge in [0.15, 0.2) is 0 Å². The third kappa shape index (κ3) is 2.60. The molecule has 0 saturated heterocycles. The number of hydrogen-bond donors (Lipinski definition) is 1. The number of fused-ring (bicyclic) bond motifs is 1. The van der Waals surface area contributed by atoms with Crippen molar-refractivity contribution in [2.45, 2.75) is 6.04 Å². The van der Waals surface area contributed by atoms with E-state index in [0.29, 0.717) is 15.6 Å². The Morgan fingerprint density at radius 3 is 2.50 bits per heavy atom. The Kier molecular flexibility index (Phi) is 3.55. The molecule has 102 valence electrons. The van der Waals surface area contributed by atoms with E-state index in [-0.39, 0.29) is 18.6 Å². The number of halogens is 2. The minimum Gasteiger partial charge on any atom is -0.459 e. The van der Waals surface area contributed by atoms with Crippen molar-refractivity contribution in [1.29, 1.82) is 0 Å². The summed E-state index contributed by atoms with van der Waals surface area (Å²) in [5.74, 6) is -0.369. The van der Waals surface area contributed by atoms with Crippen LogP contribution in [0.3, 0.4) is 0 Å². The van der Waals surface area contributed by atoms with Crippen molar-refractivity contribution in [2.24, 2.45) is 0 Å². The van der Waals surface area contributed by atoms with Crippen LogP contribution in [0.5, 0.6) is 0 Å². The van der Waals surface area contributed by atoms with Crippen LogP contribution in [0.1, 0.15) is 22.0 Å². The highest BCUT2D eigenvalue weighted by Crippen LogP contribution is 2.29. The zero-order valence-corrected chi connectivity index (χ0v) is 11.9. The lowest BCUT2D eigenvalue weighted by Gasteiger charge is -2.17. The van der Waals surface area contributed by atoms with E-state index in [1.807, 2.05) is 24.3 Å². The molecule has 5 heteroatoms. The summed E-state index contributed by atoms with van der Waals surface area (Å²) in [7, 11) is 0. The first kappa shape index (κ1) is 13.3. The number of benzene rings is 2. The van der Waals surface area contributed by atoms with Crippen molar-refractivity contribution in [1.82, 2.24) is 0 Å². The Labute approximate surface area is 126 Å². The number of esters is 1. The monoisotopic (exact) mass is 307 g/mol. The minimum absolute atomic E-state index is 0.112. The second-order valence-electron chi connectivity index (χ2n) is 4.54. The van der Waals surface area contributed by atoms with Crippen LogP contribution < -0.4 is 5.32 Å². The minimum atomic E-state index is -0.369. The van der Waals surface area contributed by atoms with E-state index in [4.69, 9.17) is 27.9 Å². The van der Waals surface area contributed by atoms with E-state index in [2.05, 4.69) is 5.32 Å². The molecule has 0 bridgehead atoms. The maximum absolute atomic E-state index is 11.9. The average Bonchev–Trinajstić information content (AvgIpc) is 2.60. The Balaban J connectivity index is 1.96. The van der Waals surface area contributed by atoms with Gasteiger partial charge in [0.1, 0.15) is 6.61 Å². The van der Waals surface area contributed by atoms with Gasteiger partial charge in [-0.1, -0.05) is 35.3 Å². The third-order valence-electron chi connectivity index (χ3n) is 3.18. The van der Waals surface area contributed by atoms with E-state index in [1.165, 1.54) is 0 Å². The van der Waals surface area contributed by atoms with Crippen LogP contribution in [0.4, 0.5) is 5.69 Å². The number of anilines is 1. The molecule has 1 heterocycles. The predicted octanol–water partition coefficient (Wildman–Crippen LogP) is 4.32. The fraction of sp³-hybridized carbons (Fsp3) is 0.133. The highest BCUT2D eigenvalue weighted by molar-refractivity contribution is 6.31. The number of carbonyl (C=O) groups excluding carboxylic acids is 1. The maximum atomic E-state index is 11.9. The van der Waals surface area contributed by atoms with E-state index in [0.717, 1.165) is 11.3 Å². The van der Waals surface area contributed by atoms with Gasteiger partial charge in [0.25, 0.3) is 0 Å². The van der Waals surface area contributed by atoms with Crippen LogP contribution in [-0.4, -0.2) is 12.6 Å². The van der Waals surface area contributed by atoms with Crippen molar-refractivity contribution in [2.75, 3.05) is 11.9 Å². The van der Waals surface area contributed by atoms with Gasteiger partial charge in [0.05, 0.1) is 11.6 Å². The summed E-state index contributed by atoms with van der Waals surface area (Å²) >= 11 is 11.8. The Hall–Kier alpha value is -1.71. The summed E-state index contributed by atoms with van der Waals surface area (Å²) in [6.07, 6.45) is 0. The summed E-state index contributed by atoms with van der Waals surface area (Å²) in [5.41, 5.74) is 2.18. The normalized spacial score (nSPS) is 17.7. The lowest BCUT2D eigenvalue weighted by molar-refractivity contribution is 0.0500. The van der Waals surface area contributed by atoms with Gasteiger partial charge in [0, 0.05) is 15.7 Å². The summed E-state index contributed by atoms with van der Waals surface area (Å²) in [4.78, 5) is 11.9. The molecule has 0 saturated carbocycles. The van der Waals surface area contributed by atoms with Crippen molar-refractivity contribution in [3.63, 3.8) is 0 Å². The van der Waals surface area contributed by atoms with Crippen molar-refractivity contribution in [3.05, 3.63) is 63.6 Å². The number of cyclic esters (lactones) is 1. The van der Waals surface area contributed by atoms with E-state index in [9.17, 15) is 4.79 Å². The van der Waals surface area contributed by atoms with Gasteiger partial charge in [-0.3, -0.25) is 0 Å². The quantitative estimate of drug-likeness (QED) is 0.798. The van der Waals surface area contributed by atoms with Crippen molar-refractivity contribution < 1.29 is 9.53 Å². The molecule has 1 unspecified atom stereocenters. The number of nitrogens with one attached hydrogen (secondary N) is 1. The maximum Gasteiger partial charge on any atom is 0.340 e. The molecule has 0 aliphatic carbocycles. The molecule has 20 heavy (non-hydrogen) atoms. The zero-order chi connectivity index (χ0) is 14.1. The molecule has 3 nitrogen and oxygen atoms in total. The smallest absolute Gasteiger partial charge is 0.340 e. The molecule has 0 aromatic heterocycles. The van der Waals surface area contributed by atoms with Gasteiger partial charge in [-0.2, -0.15) is 0 Å². The Morgan fingerprint density at radius 2 is 1.75 bits per heavy atom. The summed E-state index contributed by atoms with van der Waals surface area (Å²) in [5, 5.41) is 4.48. The molecule has 1 aliphatic rings. The third-order valence-corrected chi connectivity index (χ3v) is 3.67. The molecular weight excluding hydrogens is 297 g/mol. The van der Waals surface area contributed by atoms with Gasteiger partial charge in [-0.15, -0.1) is 0 Å². The average molecular weight is 308 g/mol. The first-order chi connectivity index (χ1) is 9.63. The lowest BCUT2D eigenvalue weighted by Crippen LogP contribution is -2.15. The van der Waals surface area contributed by atoms with Crippen LogP contribution in [-0.2, 0) is 4.74 Å². The van der Waals surface area contributed by atoms with E-state index < -0.39 is 0 Å². The van der Waals surface area contributed by atoms with E-state index in [1.54, 1.807) is 18.2 Å². The largest absolute Gasteiger partial charge is 0.459 e. The van der Waals surface area contributed by atoms with Crippen LogP contribution in [0.2, 0.25) is 10.0 Å². The second kappa shape index (κ2) is 5.35. The van der Waals surface area contributed by atoms with Crippen LogP contribution in [0.15, 0.2) is 42.5 Å². The lowest BCUT2D eigenvalue weighted by atomic mass is 10.1. The molecule has 3 rings (SSSR count). The number of carbonyl (C=O) groups is 1. The van der Waals surface area contributed by atoms with Gasteiger partial charge in [-0.05, 0) is 35.9 Å². The van der Waals surface area contributed by atoms with Crippen LogP contribution in [0.25, 0.3) is 0 Å². The highest BCUT2D eigenvalue weighted by atomic mass is 35.5. The summed E-state index contributed by atoms with van der Waals surface area (Å²) in [6, 6.07) is 12.5. The van der Waals surface area contributed by atoms with Crippen molar-refractivity contribution in [3.8, 4) is 0 Å².